The predicted octanol–water partition coefficient (Wildman–Crippen LogP) is 3.90. The van der Waals surface area contributed by atoms with Crippen molar-refractivity contribution in [2.45, 2.75) is 13.5 Å². The molecule has 2 heterocycles. The van der Waals surface area contributed by atoms with Gasteiger partial charge < -0.3 is 21.2 Å². The van der Waals surface area contributed by atoms with E-state index in [0.29, 0.717) is 11.1 Å². The highest BCUT2D eigenvalue weighted by molar-refractivity contribution is 7.81. The fourth-order valence-electron chi connectivity index (χ4n) is 2.89. The highest BCUT2D eigenvalue weighted by Gasteiger charge is 2.18. The Labute approximate surface area is 194 Å². The summed E-state index contributed by atoms with van der Waals surface area (Å²) in [6.07, 6.45) is 2.78. The van der Waals surface area contributed by atoms with Crippen LogP contribution in [-0.4, -0.2) is 22.8 Å². The zero-order chi connectivity index (χ0) is 24.1. The number of hydrogen-bond donors (Lipinski definition) is 5. The van der Waals surface area contributed by atoms with Gasteiger partial charge in [0.25, 0.3) is 0 Å². The number of benzene rings is 1. The Morgan fingerprint density at radius 1 is 1.30 bits per heavy atom. The minimum Gasteiger partial charge on any atom is -0.479 e. The number of nitrogens with one attached hydrogen (secondary N) is 3. The molecule has 33 heavy (non-hydrogen) atoms. The smallest absolute Gasteiger partial charge is 0.240 e. The standard InChI is InChI=1S/C21H20F2N8OS/c1-11(25)14-5-13(10-28-20(14)26)9-27-19-15(22)3-4-16(18(19)23)30-31(33)17-6-12(7-24)8-29-21(17)32-2/h3-6,8,10,25,27,30,33H,9H2,1-2H3,(H2,26,28). The van der Waals surface area contributed by atoms with Crippen molar-refractivity contribution in [3.63, 3.8) is 0 Å². The highest BCUT2D eigenvalue weighted by Crippen LogP contribution is 2.31. The van der Waals surface area contributed by atoms with Crippen LogP contribution in [0.25, 0.3) is 0 Å². The van der Waals surface area contributed by atoms with Crippen LogP contribution in [0.2, 0.25) is 0 Å². The van der Waals surface area contributed by atoms with Gasteiger partial charge in [0.15, 0.2) is 5.82 Å². The van der Waals surface area contributed by atoms with E-state index in [-0.39, 0.29) is 46.6 Å². The second kappa shape index (κ2) is 10.0. The van der Waals surface area contributed by atoms with E-state index < -0.39 is 11.6 Å². The van der Waals surface area contributed by atoms with Crippen LogP contribution in [0, 0.1) is 28.4 Å². The number of nitrogens with zero attached hydrogens (tertiary/aromatic N) is 4. The fourth-order valence-corrected chi connectivity index (χ4v) is 3.14. The molecule has 0 unspecified atom stereocenters. The molecule has 0 atom stereocenters. The third-order valence-electron chi connectivity index (χ3n) is 4.55. The highest BCUT2D eigenvalue weighted by atomic mass is 32.1. The molecule has 0 aliphatic heterocycles. The molecule has 0 bridgehead atoms. The number of nitriles is 1. The van der Waals surface area contributed by atoms with E-state index in [1.807, 2.05) is 6.07 Å². The molecule has 0 radical (unpaired) electrons. The van der Waals surface area contributed by atoms with Crippen molar-refractivity contribution in [2.24, 2.45) is 0 Å². The number of halogens is 2. The minimum atomic E-state index is -0.899. The number of aromatic nitrogens is 2. The van der Waals surface area contributed by atoms with Gasteiger partial charge in [-0.3, -0.25) is 5.43 Å². The molecule has 170 valence electrons. The summed E-state index contributed by atoms with van der Waals surface area (Å²) >= 11 is 4.27. The second-order valence-electron chi connectivity index (χ2n) is 6.83. The van der Waals surface area contributed by atoms with Crippen LogP contribution in [-0.2, 0) is 6.54 Å². The van der Waals surface area contributed by atoms with E-state index in [1.54, 1.807) is 13.0 Å². The number of hydrazine groups is 1. The van der Waals surface area contributed by atoms with E-state index >= 15 is 4.39 Å². The van der Waals surface area contributed by atoms with Gasteiger partial charge in [0.1, 0.15) is 29.1 Å². The van der Waals surface area contributed by atoms with Crippen LogP contribution in [0.1, 0.15) is 23.6 Å². The lowest BCUT2D eigenvalue weighted by Crippen LogP contribution is -2.21. The van der Waals surface area contributed by atoms with Crippen molar-refractivity contribution in [2.75, 3.05) is 28.0 Å². The van der Waals surface area contributed by atoms with E-state index in [0.717, 1.165) is 10.5 Å². The Hall–Kier alpha value is -4.11. The lowest BCUT2D eigenvalue weighted by molar-refractivity contribution is 0.399. The minimum absolute atomic E-state index is 0.0391. The van der Waals surface area contributed by atoms with Crippen LogP contribution in [0.15, 0.2) is 36.7 Å². The molecule has 0 saturated heterocycles. The molecule has 5 N–H and O–H groups in total. The first-order valence-corrected chi connectivity index (χ1v) is 9.86. The number of nitrogens with two attached hydrogens (primary N) is 1. The van der Waals surface area contributed by atoms with Gasteiger partial charge in [-0.25, -0.2) is 23.2 Å². The van der Waals surface area contributed by atoms with Gasteiger partial charge in [-0.15, -0.1) is 0 Å². The molecule has 0 spiro atoms. The average molecular weight is 471 g/mol. The SMILES string of the molecule is COc1ncc(C#N)cc1N(S)Nc1ccc(F)c(NCc2cnc(N)c(C(C)=N)c2)c1F. The van der Waals surface area contributed by atoms with E-state index in [4.69, 9.17) is 21.1 Å². The number of thiol groups is 1. The van der Waals surface area contributed by atoms with Crippen LogP contribution in [0.5, 0.6) is 5.88 Å². The van der Waals surface area contributed by atoms with Gasteiger partial charge in [0, 0.05) is 30.2 Å². The maximum atomic E-state index is 15.1. The van der Waals surface area contributed by atoms with Gasteiger partial charge in [-0.2, -0.15) is 5.26 Å². The molecular formula is C21H20F2N8OS. The number of anilines is 4. The largest absolute Gasteiger partial charge is 0.479 e. The normalized spacial score (nSPS) is 10.3. The monoisotopic (exact) mass is 470 g/mol. The molecule has 0 amide bonds. The molecule has 12 heteroatoms. The zero-order valence-corrected chi connectivity index (χ0v) is 18.5. The molecule has 3 aromatic rings. The molecule has 1 aromatic carbocycles. The van der Waals surface area contributed by atoms with Crippen molar-refractivity contribution < 1.29 is 13.5 Å². The molecule has 0 saturated carbocycles. The Bertz CT molecular complexity index is 1250. The number of nitrogen functional groups attached to an aromatic ring is 1. The summed E-state index contributed by atoms with van der Waals surface area (Å²) in [6.45, 7) is 1.61. The number of pyridine rings is 2. The van der Waals surface area contributed by atoms with Crippen molar-refractivity contribution in [1.82, 2.24) is 9.97 Å². The lowest BCUT2D eigenvalue weighted by atomic mass is 10.1. The third-order valence-corrected chi connectivity index (χ3v) is 4.86. The van der Waals surface area contributed by atoms with Gasteiger partial charge in [0.2, 0.25) is 5.88 Å². The van der Waals surface area contributed by atoms with Crippen molar-refractivity contribution in [3.8, 4) is 11.9 Å². The molecule has 3 rings (SSSR count). The molecular weight excluding hydrogens is 450 g/mol. The van der Waals surface area contributed by atoms with Crippen molar-refractivity contribution in [1.29, 1.82) is 10.7 Å². The summed E-state index contributed by atoms with van der Waals surface area (Å²) in [4.78, 5) is 8.02. The molecule has 0 aliphatic rings. The summed E-state index contributed by atoms with van der Waals surface area (Å²) in [5, 5.41) is 19.6. The van der Waals surface area contributed by atoms with Gasteiger partial charge >= 0.3 is 0 Å². The van der Waals surface area contributed by atoms with E-state index in [1.165, 1.54) is 31.6 Å². The number of hydrogen-bond acceptors (Lipinski definition) is 10. The third kappa shape index (κ3) is 5.21. The number of methoxy groups -OCH3 is 1. The summed E-state index contributed by atoms with van der Waals surface area (Å²) in [5.41, 5.74) is 9.72. The molecule has 0 aliphatic carbocycles. The summed E-state index contributed by atoms with van der Waals surface area (Å²) < 4.78 is 35.8. The summed E-state index contributed by atoms with van der Waals surface area (Å²) in [5.74, 6) is -1.36. The number of rotatable bonds is 8. The lowest BCUT2D eigenvalue weighted by Gasteiger charge is -2.22. The van der Waals surface area contributed by atoms with Crippen LogP contribution >= 0.6 is 12.8 Å². The van der Waals surface area contributed by atoms with Gasteiger partial charge in [-0.05, 0) is 49.6 Å². The maximum Gasteiger partial charge on any atom is 0.240 e. The summed E-state index contributed by atoms with van der Waals surface area (Å²) in [6, 6.07) is 7.32. The van der Waals surface area contributed by atoms with Gasteiger partial charge in [0.05, 0.1) is 18.4 Å². The average Bonchev–Trinajstić information content (AvgIpc) is 2.81. The maximum absolute atomic E-state index is 15.1. The topological polar surface area (TPSA) is 136 Å². The second-order valence-corrected chi connectivity index (χ2v) is 7.23. The Balaban J connectivity index is 1.84. The van der Waals surface area contributed by atoms with E-state index in [9.17, 15) is 4.39 Å². The van der Waals surface area contributed by atoms with Crippen molar-refractivity contribution in [3.05, 3.63) is 65.0 Å². The summed E-state index contributed by atoms with van der Waals surface area (Å²) in [7, 11) is 1.39. The van der Waals surface area contributed by atoms with Crippen LogP contribution in [0.3, 0.4) is 0 Å². The molecule has 2 aromatic heterocycles. The Kier molecular flexibility index (Phi) is 7.14. The first-order chi connectivity index (χ1) is 15.7. The Morgan fingerprint density at radius 3 is 2.73 bits per heavy atom. The van der Waals surface area contributed by atoms with Crippen LogP contribution < -0.4 is 25.6 Å². The van der Waals surface area contributed by atoms with Crippen molar-refractivity contribution >= 4 is 41.4 Å². The van der Waals surface area contributed by atoms with Gasteiger partial charge in [-0.1, -0.05) is 0 Å². The predicted molar refractivity (Wildman–Crippen MR) is 125 cm³/mol. The zero-order valence-electron chi connectivity index (χ0n) is 17.6. The first kappa shape index (κ1) is 23.6. The fraction of sp³-hybridized carbons (Fsp3) is 0.143. The quantitative estimate of drug-likeness (QED) is 0.190. The Morgan fingerprint density at radius 2 is 2.06 bits per heavy atom. The number of ether oxygens (including phenoxy) is 1. The molecule has 9 nitrogen and oxygen atoms in total. The van der Waals surface area contributed by atoms with E-state index in [2.05, 4.69) is 33.5 Å². The van der Waals surface area contributed by atoms with Crippen LogP contribution in [0.4, 0.5) is 31.7 Å². The first-order valence-electron chi connectivity index (χ1n) is 9.46. The molecule has 0 fully saturated rings.